The summed E-state index contributed by atoms with van der Waals surface area (Å²) in [6, 6.07) is 5.81. The van der Waals surface area contributed by atoms with Gasteiger partial charge in [-0.25, -0.2) is 0 Å². The Hall–Kier alpha value is -1.41. The van der Waals surface area contributed by atoms with Crippen molar-refractivity contribution in [3.05, 3.63) is 27.1 Å². The molecule has 0 atom stereocenters. The van der Waals surface area contributed by atoms with E-state index in [1.54, 1.807) is 0 Å². The molecule has 0 saturated heterocycles. The first-order chi connectivity index (χ1) is 10.0. The lowest BCUT2D eigenvalue weighted by molar-refractivity contribution is 0.816. The zero-order chi connectivity index (χ0) is 15.4. The van der Waals surface area contributed by atoms with Crippen molar-refractivity contribution < 1.29 is 0 Å². The molecule has 112 valence electrons. The third kappa shape index (κ3) is 4.04. The summed E-state index contributed by atoms with van der Waals surface area (Å²) in [6.07, 6.45) is 0. The third-order valence-electron chi connectivity index (χ3n) is 2.86. The van der Waals surface area contributed by atoms with Gasteiger partial charge in [0.25, 0.3) is 0 Å². The van der Waals surface area contributed by atoms with Crippen molar-refractivity contribution >= 4 is 55.4 Å². The van der Waals surface area contributed by atoms with Crippen molar-refractivity contribution in [1.82, 2.24) is 15.0 Å². The van der Waals surface area contributed by atoms with E-state index in [4.69, 9.17) is 5.73 Å². The second-order valence-corrected chi connectivity index (χ2v) is 6.01. The first kappa shape index (κ1) is 16.0. The molecule has 0 fully saturated rings. The molecule has 0 saturated carbocycles. The van der Waals surface area contributed by atoms with Crippen molar-refractivity contribution in [2.45, 2.75) is 13.8 Å². The molecule has 6 nitrogen and oxygen atoms in total. The molecule has 0 aliphatic carbocycles. The highest BCUT2D eigenvalue weighted by Gasteiger charge is 2.11. The summed E-state index contributed by atoms with van der Waals surface area (Å²) in [4.78, 5) is 14.7. The van der Waals surface area contributed by atoms with Crippen LogP contribution >= 0.6 is 31.9 Å². The number of hydrogen-bond donors (Lipinski definition) is 2. The van der Waals surface area contributed by atoms with Gasteiger partial charge in [-0.3, -0.25) is 0 Å². The van der Waals surface area contributed by atoms with Crippen molar-refractivity contribution in [2.24, 2.45) is 0 Å². The average Bonchev–Trinajstić information content (AvgIpc) is 2.44. The molecule has 2 aromatic rings. The number of benzene rings is 1. The maximum Gasteiger partial charge on any atom is 0.233 e. The van der Waals surface area contributed by atoms with Crippen LogP contribution in [-0.4, -0.2) is 28.0 Å². The van der Waals surface area contributed by atoms with Crippen LogP contribution in [0.5, 0.6) is 0 Å². The lowest BCUT2D eigenvalue weighted by atomic mass is 10.3. The molecule has 1 heterocycles. The number of nitrogens with two attached hydrogens (primary N) is 1. The lowest BCUT2D eigenvalue weighted by Gasteiger charge is -2.19. The maximum absolute atomic E-state index is 5.78. The minimum atomic E-state index is 0.195. The van der Waals surface area contributed by atoms with Gasteiger partial charge in [-0.05, 0) is 48.0 Å². The van der Waals surface area contributed by atoms with Crippen molar-refractivity contribution in [1.29, 1.82) is 0 Å². The fourth-order valence-electron chi connectivity index (χ4n) is 1.80. The highest BCUT2D eigenvalue weighted by molar-refractivity contribution is 9.11. The van der Waals surface area contributed by atoms with Crippen molar-refractivity contribution in [2.75, 3.05) is 29.0 Å². The molecule has 21 heavy (non-hydrogen) atoms. The summed E-state index contributed by atoms with van der Waals surface area (Å²) in [5.74, 6) is 1.19. The Morgan fingerprint density at radius 1 is 1.14 bits per heavy atom. The predicted molar refractivity (Wildman–Crippen MR) is 92.9 cm³/mol. The number of halogens is 2. The SMILES string of the molecule is CCN(CC)c1nc(N)nc(Nc2cc(Br)ccc2Br)n1. The van der Waals surface area contributed by atoms with Gasteiger partial charge in [0.1, 0.15) is 0 Å². The molecule has 0 amide bonds. The molecule has 0 bridgehead atoms. The number of hydrogen-bond acceptors (Lipinski definition) is 6. The van der Waals surface area contributed by atoms with Crippen molar-refractivity contribution in [3.8, 4) is 0 Å². The van der Waals surface area contributed by atoms with E-state index < -0.39 is 0 Å². The van der Waals surface area contributed by atoms with Gasteiger partial charge in [0.2, 0.25) is 17.8 Å². The molecule has 0 unspecified atom stereocenters. The number of nitrogens with zero attached hydrogens (tertiary/aromatic N) is 4. The summed E-state index contributed by atoms with van der Waals surface area (Å²) in [5, 5.41) is 3.15. The van der Waals surface area contributed by atoms with Gasteiger partial charge in [-0.15, -0.1) is 0 Å². The second kappa shape index (κ2) is 7.04. The van der Waals surface area contributed by atoms with Gasteiger partial charge in [0, 0.05) is 22.0 Å². The summed E-state index contributed by atoms with van der Waals surface area (Å²) < 4.78 is 1.87. The molecule has 0 aliphatic heterocycles. The van der Waals surface area contributed by atoms with Crippen LogP contribution in [0.1, 0.15) is 13.8 Å². The van der Waals surface area contributed by atoms with Gasteiger partial charge in [-0.2, -0.15) is 15.0 Å². The lowest BCUT2D eigenvalue weighted by Crippen LogP contribution is -2.25. The molecule has 0 radical (unpaired) electrons. The highest BCUT2D eigenvalue weighted by atomic mass is 79.9. The number of aromatic nitrogens is 3. The van der Waals surface area contributed by atoms with Crippen LogP contribution in [0.25, 0.3) is 0 Å². The van der Waals surface area contributed by atoms with E-state index in [9.17, 15) is 0 Å². The van der Waals surface area contributed by atoms with Crippen molar-refractivity contribution in [3.63, 3.8) is 0 Å². The number of nitrogens with one attached hydrogen (secondary N) is 1. The molecular weight excluding hydrogens is 400 g/mol. The van der Waals surface area contributed by atoms with Gasteiger partial charge in [0.15, 0.2) is 0 Å². The molecule has 3 N–H and O–H groups in total. The normalized spacial score (nSPS) is 10.5. The predicted octanol–water partition coefficient (Wildman–Crippen LogP) is 3.57. The summed E-state index contributed by atoms with van der Waals surface area (Å²) >= 11 is 6.92. The molecule has 8 heteroatoms. The quantitative estimate of drug-likeness (QED) is 0.776. The Kier molecular flexibility index (Phi) is 5.35. The molecular formula is C13H16Br2N6. The Labute approximate surface area is 140 Å². The summed E-state index contributed by atoms with van der Waals surface area (Å²) in [6.45, 7) is 5.70. The van der Waals surface area contributed by atoms with E-state index in [0.717, 1.165) is 27.7 Å². The number of anilines is 4. The summed E-state index contributed by atoms with van der Waals surface area (Å²) in [5.41, 5.74) is 6.63. The van der Waals surface area contributed by atoms with E-state index in [0.29, 0.717) is 11.9 Å². The molecule has 2 rings (SSSR count). The van der Waals surface area contributed by atoms with Gasteiger partial charge in [0.05, 0.1) is 5.69 Å². The number of rotatable bonds is 5. The monoisotopic (exact) mass is 414 g/mol. The van der Waals surface area contributed by atoms with Crippen LogP contribution in [0, 0.1) is 0 Å². The first-order valence-corrected chi connectivity index (χ1v) is 8.10. The Bertz CT molecular complexity index is 630. The fraction of sp³-hybridized carbons (Fsp3) is 0.308. The third-order valence-corrected chi connectivity index (χ3v) is 4.05. The highest BCUT2D eigenvalue weighted by Crippen LogP contribution is 2.28. The van der Waals surface area contributed by atoms with Crippen LogP contribution in [0.4, 0.5) is 23.5 Å². The van der Waals surface area contributed by atoms with Gasteiger partial charge < -0.3 is 16.0 Å². The van der Waals surface area contributed by atoms with E-state index >= 15 is 0 Å². The molecule has 0 aliphatic rings. The summed E-state index contributed by atoms with van der Waals surface area (Å²) in [7, 11) is 0. The smallest absolute Gasteiger partial charge is 0.233 e. The Morgan fingerprint density at radius 2 is 1.86 bits per heavy atom. The van der Waals surface area contributed by atoms with Crippen LogP contribution < -0.4 is 16.0 Å². The van der Waals surface area contributed by atoms with E-state index in [-0.39, 0.29) is 5.95 Å². The van der Waals surface area contributed by atoms with Crippen LogP contribution in [0.2, 0.25) is 0 Å². The van der Waals surface area contributed by atoms with Crippen LogP contribution in [0.15, 0.2) is 27.1 Å². The zero-order valence-corrected chi connectivity index (χ0v) is 14.9. The molecule has 0 spiro atoms. The minimum Gasteiger partial charge on any atom is -0.368 e. The average molecular weight is 416 g/mol. The second-order valence-electron chi connectivity index (χ2n) is 4.24. The standard InChI is InChI=1S/C13H16Br2N6/c1-3-21(4-2)13-19-11(16)18-12(20-13)17-10-7-8(14)5-6-9(10)15/h5-7H,3-4H2,1-2H3,(H3,16,17,18,19,20). The minimum absolute atomic E-state index is 0.195. The molecule has 1 aromatic carbocycles. The fourth-order valence-corrected chi connectivity index (χ4v) is 2.51. The van der Waals surface area contributed by atoms with E-state index in [1.165, 1.54) is 0 Å². The zero-order valence-electron chi connectivity index (χ0n) is 11.8. The Balaban J connectivity index is 2.34. The largest absolute Gasteiger partial charge is 0.368 e. The van der Waals surface area contributed by atoms with E-state index in [2.05, 4.69) is 52.1 Å². The van der Waals surface area contributed by atoms with Crippen LogP contribution in [-0.2, 0) is 0 Å². The number of nitrogen functional groups attached to an aromatic ring is 1. The maximum atomic E-state index is 5.78. The Morgan fingerprint density at radius 3 is 2.52 bits per heavy atom. The van der Waals surface area contributed by atoms with Gasteiger partial charge >= 0.3 is 0 Å². The topological polar surface area (TPSA) is 80.0 Å². The van der Waals surface area contributed by atoms with Gasteiger partial charge in [-0.1, -0.05) is 15.9 Å². The van der Waals surface area contributed by atoms with E-state index in [1.807, 2.05) is 36.9 Å². The molecule has 1 aromatic heterocycles. The van der Waals surface area contributed by atoms with Crippen LogP contribution in [0.3, 0.4) is 0 Å². The first-order valence-electron chi connectivity index (χ1n) is 6.52.